The largest absolute Gasteiger partial charge is 0.294 e. The van der Waals surface area contributed by atoms with Crippen molar-refractivity contribution in [3.05, 3.63) is 48.3 Å². The van der Waals surface area contributed by atoms with Gasteiger partial charge in [-0.05, 0) is 37.1 Å². The summed E-state index contributed by atoms with van der Waals surface area (Å²) >= 11 is 0. The average Bonchev–Trinajstić information content (AvgIpc) is 2.19. The molecule has 1 aromatic carbocycles. The predicted octanol–water partition coefficient (Wildman–Crippen LogP) is 3.36. The quantitative estimate of drug-likeness (QED) is 0.397. The summed E-state index contributed by atoms with van der Waals surface area (Å²) in [6, 6.07) is 5.65. The Morgan fingerprint density at radius 2 is 2.00 bits per heavy atom. The summed E-state index contributed by atoms with van der Waals surface area (Å²) in [6.07, 6.45) is 3.93. The van der Waals surface area contributed by atoms with Gasteiger partial charge in [-0.2, -0.15) is 0 Å². The molecule has 2 heteroatoms. The van der Waals surface area contributed by atoms with Crippen molar-refractivity contribution in [1.82, 2.24) is 0 Å². The molecule has 1 rings (SSSR count). The van der Waals surface area contributed by atoms with Gasteiger partial charge in [0.05, 0.1) is 0 Å². The Labute approximate surface area is 83.3 Å². The lowest BCUT2D eigenvalue weighted by Gasteiger charge is -1.99. The molecule has 0 atom stereocenters. The number of rotatable bonds is 5. The fraction of sp³-hybridized carbons (Fsp3) is 0.250. The van der Waals surface area contributed by atoms with Crippen LogP contribution < -0.4 is 0 Å². The van der Waals surface area contributed by atoms with Crippen molar-refractivity contribution >= 4 is 5.78 Å². The van der Waals surface area contributed by atoms with E-state index in [1.807, 2.05) is 0 Å². The first-order chi connectivity index (χ1) is 6.74. The Morgan fingerprint density at radius 3 is 2.57 bits per heavy atom. The van der Waals surface area contributed by atoms with E-state index in [-0.39, 0.29) is 11.6 Å². The van der Waals surface area contributed by atoms with Crippen LogP contribution in [0.4, 0.5) is 4.39 Å². The molecular weight excluding hydrogens is 179 g/mol. The maximum Gasteiger partial charge on any atom is 0.162 e. The van der Waals surface area contributed by atoms with Crippen molar-refractivity contribution in [3.63, 3.8) is 0 Å². The molecule has 1 aromatic rings. The molecule has 0 aliphatic carbocycles. The molecule has 0 saturated carbocycles. The number of allylic oxidation sites excluding steroid dienone is 1. The van der Waals surface area contributed by atoms with Gasteiger partial charge in [0.1, 0.15) is 5.82 Å². The van der Waals surface area contributed by atoms with E-state index < -0.39 is 0 Å². The van der Waals surface area contributed by atoms with E-state index in [9.17, 15) is 9.18 Å². The zero-order valence-electron chi connectivity index (χ0n) is 8.00. The van der Waals surface area contributed by atoms with Crippen LogP contribution in [-0.2, 0) is 0 Å². The fourth-order valence-electron chi connectivity index (χ4n) is 1.19. The minimum absolute atomic E-state index is 0.0619. The number of ketones is 1. The first kappa shape index (κ1) is 10.6. The summed E-state index contributed by atoms with van der Waals surface area (Å²) < 4.78 is 12.5. The zero-order chi connectivity index (χ0) is 10.4. The van der Waals surface area contributed by atoms with Crippen LogP contribution in [0.15, 0.2) is 36.9 Å². The third kappa shape index (κ3) is 3.13. The van der Waals surface area contributed by atoms with Gasteiger partial charge in [-0.15, -0.1) is 6.58 Å². The molecule has 0 bridgehead atoms. The molecule has 0 fully saturated rings. The SMILES string of the molecule is C=CCCCC(=O)c1ccc(F)cc1. The number of carbonyl (C=O) groups excluding carboxylic acids is 1. The van der Waals surface area contributed by atoms with Gasteiger partial charge in [0, 0.05) is 12.0 Å². The maximum absolute atomic E-state index is 12.5. The van der Waals surface area contributed by atoms with Crippen LogP contribution in [0.5, 0.6) is 0 Å². The van der Waals surface area contributed by atoms with Crippen molar-refractivity contribution in [2.45, 2.75) is 19.3 Å². The molecule has 0 amide bonds. The predicted molar refractivity (Wildman–Crippen MR) is 54.8 cm³/mol. The summed E-state index contributed by atoms with van der Waals surface area (Å²) in [4.78, 5) is 11.5. The first-order valence-corrected chi connectivity index (χ1v) is 4.63. The third-order valence-electron chi connectivity index (χ3n) is 1.98. The second-order valence-electron chi connectivity index (χ2n) is 3.11. The Hall–Kier alpha value is -1.44. The Morgan fingerprint density at radius 1 is 1.36 bits per heavy atom. The summed E-state index contributed by atoms with van der Waals surface area (Å²) in [5.41, 5.74) is 0.579. The molecule has 0 heterocycles. The van der Waals surface area contributed by atoms with E-state index in [1.54, 1.807) is 6.08 Å². The lowest BCUT2D eigenvalue weighted by molar-refractivity contribution is 0.0980. The van der Waals surface area contributed by atoms with Gasteiger partial charge >= 0.3 is 0 Å². The number of hydrogen-bond acceptors (Lipinski definition) is 1. The lowest BCUT2D eigenvalue weighted by Crippen LogP contribution is -1.98. The molecule has 0 unspecified atom stereocenters. The highest BCUT2D eigenvalue weighted by Gasteiger charge is 2.04. The van der Waals surface area contributed by atoms with Crippen LogP contribution in [0.3, 0.4) is 0 Å². The second-order valence-corrected chi connectivity index (χ2v) is 3.11. The third-order valence-corrected chi connectivity index (χ3v) is 1.98. The van der Waals surface area contributed by atoms with Crippen LogP contribution in [0.25, 0.3) is 0 Å². The summed E-state index contributed by atoms with van der Waals surface area (Å²) in [6.45, 7) is 3.58. The van der Waals surface area contributed by atoms with Crippen molar-refractivity contribution in [1.29, 1.82) is 0 Å². The van der Waals surface area contributed by atoms with Crippen LogP contribution in [0.1, 0.15) is 29.6 Å². The van der Waals surface area contributed by atoms with Crippen LogP contribution in [0.2, 0.25) is 0 Å². The van der Waals surface area contributed by atoms with Gasteiger partial charge in [0.2, 0.25) is 0 Å². The lowest BCUT2D eigenvalue weighted by atomic mass is 10.1. The second kappa shape index (κ2) is 5.32. The molecule has 0 aliphatic rings. The molecule has 0 radical (unpaired) electrons. The van der Waals surface area contributed by atoms with Gasteiger partial charge in [0.25, 0.3) is 0 Å². The highest BCUT2D eigenvalue weighted by Crippen LogP contribution is 2.08. The summed E-state index contributed by atoms with van der Waals surface area (Å²) in [5.74, 6) is -0.250. The first-order valence-electron chi connectivity index (χ1n) is 4.63. The topological polar surface area (TPSA) is 17.1 Å². The standard InChI is InChI=1S/C12H13FO/c1-2-3-4-5-12(14)10-6-8-11(13)9-7-10/h2,6-9H,1,3-5H2. The van der Waals surface area contributed by atoms with E-state index in [2.05, 4.69) is 6.58 Å². The molecule has 0 N–H and O–H groups in total. The van der Waals surface area contributed by atoms with Gasteiger partial charge in [-0.25, -0.2) is 4.39 Å². The van der Waals surface area contributed by atoms with Gasteiger partial charge < -0.3 is 0 Å². The molecule has 0 spiro atoms. The number of carbonyl (C=O) groups is 1. The molecule has 0 saturated heterocycles. The smallest absolute Gasteiger partial charge is 0.162 e. The molecular formula is C12H13FO. The minimum atomic E-state index is -0.312. The zero-order valence-corrected chi connectivity index (χ0v) is 8.00. The number of unbranched alkanes of at least 4 members (excludes halogenated alkanes) is 1. The van der Waals surface area contributed by atoms with Crippen molar-refractivity contribution in [2.24, 2.45) is 0 Å². The van der Waals surface area contributed by atoms with Crippen molar-refractivity contribution in [3.8, 4) is 0 Å². The molecule has 1 nitrogen and oxygen atoms in total. The maximum atomic E-state index is 12.5. The molecule has 0 aliphatic heterocycles. The van der Waals surface area contributed by atoms with E-state index in [0.29, 0.717) is 12.0 Å². The monoisotopic (exact) mass is 192 g/mol. The minimum Gasteiger partial charge on any atom is -0.294 e. The number of Topliss-reactive ketones (excluding diaryl/α,β-unsaturated/α-hetero) is 1. The fourth-order valence-corrected chi connectivity index (χ4v) is 1.19. The highest BCUT2D eigenvalue weighted by molar-refractivity contribution is 5.95. The van der Waals surface area contributed by atoms with E-state index in [0.717, 1.165) is 12.8 Å². The molecule has 0 aromatic heterocycles. The Kier molecular flexibility index (Phi) is 4.05. The number of hydrogen-bond donors (Lipinski definition) is 0. The average molecular weight is 192 g/mol. The normalized spacial score (nSPS) is 9.79. The highest BCUT2D eigenvalue weighted by atomic mass is 19.1. The molecule has 14 heavy (non-hydrogen) atoms. The van der Waals surface area contributed by atoms with Gasteiger partial charge in [-0.1, -0.05) is 6.08 Å². The number of halogens is 1. The Bertz CT molecular complexity index is 314. The summed E-state index contributed by atoms with van der Waals surface area (Å²) in [7, 11) is 0. The molecule has 74 valence electrons. The van der Waals surface area contributed by atoms with Gasteiger partial charge in [0.15, 0.2) is 5.78 Å². The van der Waals surface area contributed by atoms with E-state index in [1.165, 1.54) is 24.3 Å². The van der Waals surface area contributed by atoms with Crippen LogP contribution >= 0.6 is 0 Å². The Balaban J connectivity index is 2.52. The van der Waals surface area contributed by atoms with Gasteiger partial charge in [-0.3, -0.25) is 4.79 Å². The van der Waals surface area contributed by atoms with E-state index in [4.69, 9.17) is 0 Å². The van der Waals surface area contributed by atoms with Crippen LogP contribution in [-0.4, -0.2) is 5.78 Å². The number of benzene rings is 1. The van der Waals surface area contributed by atoms with Crippen LogP contribution in [0, 0.1) is 5.82 Å². The van der Waals surface area contributed by atoms with E-state index >= 15 is 0 Å². The van der Waals surface area contributed by atoms with Crippen molar-refractivity contribution in [2.75, 3.05) is 0 Å². The summed E-state index contributed by atoms with van der Waals surface area (Å²) in [5, 5.41) is 0. The van der Waals surface area contributed by atoms with Crippen molar-refractivity contribution < 1.29 is 9.18 Å².